The Hall–Kier alpha value is -0.850. The average Bonchev–Trinajstić information content (AvgIpc) is 2.31. The Kier molecular flexibility index (Phi) is 4.03. The van der Waals surface area contributed by atoms with Crippen LogP contribution in [0.25, 0.3) is 0 Å². The molecule has 0 radical (unpaired) electrons. The van der Waals surface area contributed by atoms with Crippen LogP contribution in [-0.4, -0.2) is 36.5 Å². The smallest absolute Gasteiger partial charge is 0.139 e. The predicted molar refractivity (Wildman–Crippen MR) is 76.8 cm³/mol. The molecule has 0 spiro atoms. The maximum Gasteiger partial charge on any atom is 0.139 e. The molecule has 4 nitrogen and oxygen atoms in total. The molecule has 3 N–H and O–H groups in total. The van der Waals surface area contributed by atoms with Crippen molar-refractivity contribution >= 4 is 27.3 Å². The van der Waals surface area contributed by atoms with Crippen LogP contribution in [0, 0.1) is 5.82 Å². The van der Waals surface area contributed by atoms with Gasteiger partial charge in [-0.2, -0.15) is 0 Å². The molecule has 0 amide bonds. The van der Waals surface area contributed by atoms with E-state index in [0.29, 0.717) is 28.9 Å². The molecule has 0 saturated carbocycles. The number of halogens is 2. The van der Waals surface area contributed by atoms with Crippen molar-refractivity contribution in [2.45, 2.75) is 25.6 Å². The van der Waals surface area contributed by atoms with Gasteiger partial charge in [-0.1, -0.05) is 0 Å². The SMILES string of the molecule is CC1(C)CN(c2cc(F)c(Br)cc2N)CC(CO)O1. The highest BCUT2D eigenvalue weighted by atomic mass is 79.9. The topological polar surface area (TPSA) is 58.7 Å². The number of aliphatic hydroxyl groups is 1. The minimum Gasteiger partial charge on any atom is -0.397 e. The molecular formula is C13H18BrFN2O2. The van der Waals surface area contributed by atoms with Crippen molar-refractivity contribution in [3.8, 4) is 0 Å². The molecule has 1 heterocycles. The lowest BCUT2D eigenvalue weighted by atomic mass is 10.0. The van der Waals surface area contributed by atoms with Crippen LogP contribution in [0.1, 0.15) is 13.8 Å². The zero-order valence-corrected chi connectivity index (χ0v) is 12.6. The number of rotatable bonds is 2. The molecule has 0 bridgehead atoms. The highest BCUT2D eigenvalue weighted by Crippen LogP contribution is 2.33. The van der Waals surface area contributed by atoms with Gasteiger partial charge in [0.2, 0.25) is 0 Å². The fourth-order valence-corrected chi connectivity index (χ4v) is 2.76. The van der Waals surface area contributed by atoms with Crippen LogP contribution in [-0.2, 0) is 4.74 Å². The van der Waals surface area contributed by atoms with Gasteiger partial charge in [0, 0.05) is 19.2 Å². The van der Waals surface area contributed by atoms with Crippen molar-refractivity contribution in [3.63, 3.8) is 0 Å². The number of nitrogens with zero attached hydrogens (tertiary/aromatic N) is 1. The third kappa shape index (κ3) is 3.19. The summed E-state index contributed by atoms with van der Waals surface area (Å²) in [6.45, 7) is 4.89. The number of nitrogens with two attached hydrogens (primary N) is 1. The molecule has 1 aliphatic rings. The third-order valence-corrected chi connectivity index (χ3v) is 3.70. The summed E-state index contributed by atoms with van der Waals surface area (Å²) < 4.78 is 19.8. The Balaban J connectivity index is 2.33. The van der Waals surface area contributed by atoms with Crippen LogP contribution in [0.3, 0.4) is 0 Å². The van der Waals surface area contributed by atoms with Gasteiger partial charge >= 0.3 is 0 Å². The lowest BCUT2D eigenvalue weighted by Gasteiger charge is -2.43. The Morgan fingerprint density at radius 2 is 2.26 bits per heavy atom. The second-order valence-electron chi connectivity index (χ2n) is 5.39. The van der Waals surface area contributed by atoms with Crippen molar-refractivity contribution in [1.82, 2.24) is 0 Å². The zero-order valence-electron chi connectivity index (χ0n) is 11.0. The number of hydrogen-bond donors (Lipinski definition) is 2. The molecule has 1 unspecified atom stereocenters. The second-order valence-corrected chi connectivity index (χ2v) is 6.24. The van der Waals surface area contributed by atoms with Gasteiger partial charge in [-0.15, -0.1) is 0 Å². The third-order valence-electron chi connectivity index (χ3n) is 3.10. The lowest BCUT2D eigenvalue weighted by molar-refractivity contribution is -0.101. The Morgan fingerprint density at radius 1 is 1.58 bits per heavy atom. The van der Waals surface area contributed by atoms with E-state index < -0.39 is 5.60 Å². The number of anilines is 2. The summed E-state index contributed by atoms with van der Waals surface area (Å²) in [5.74, 6) is -0.353. The second kappa shape index (κ2) is 5.26. The summed E-state index contributed by atoms with van der Waals surface area (Å²) in [5, 5.41) is 9.29. The van der Waals surface area contributed by atoms with Gasteiger partial charge in [-0.25, -0.2) is 4.39 Å². The first-order valence-electron chi connectivity index (χ1n) is 6.10. The van der Waals surface area contributed by atoms with Gasteiger partial charge < -0.3 is 20.5 Å². The minimum atomic E-state index is -0.415. The summed E-state index contributed by atoms with van der Waals surface area (Å²) in [6.07, 6.45) is -0.296. The summed E-state index contributed by atoms with van der Waals surface area (Å²) >= 11 is 3.11. The van der Waals surface area contributed by atoms with Gasteiger partial charge in [0.25, 0.3) is 0 Å². The van der Waals surface area contributed by atoms with E-state index in [1.54, 1.807) is 6.07 Å². The average molecular weight is 333 g/mol. The minimum absolute atomic E-state index is 0.0706. The van der Waals surface area contributed by atoms with Gasteiger partial charge in [-0.05, 0) is 35.8 Å². The quantitative estimate of drug-likeness (QED) is 0.815. The summed E-state index contributed by atoms with van der Waals surface area (Å²) in [7, 11) is 0. The number of morpholine rings is 1. The molecule has 1 aromatic carbocycles. The van der Waals surface area contributed by atoms with Gasteiger partial charge in [-0.3, -0.25) is 0 Å². The lowest BCUT2D eigenvalue weighted by Crippen LogP contribution is -2.54. The first kappa shape index (κ1) is 14.6. The van der Waals surface area contributed by atoms with Gasteiger partial charge in [0.1, 0.15) is 5.82 Å². The first-order chi connectivity index (χ1) is 8.82. The molecule has 1 saturated heterocycles. The monoisotopic (exact) mass is 332 g/mol. The molecule has 2 rings (SSSR count). The Bertz CT molecular complexity index is 482. The normalized spacial score (nSPS) is 22.6. The number of ether oxygens (including phenoxy) is 1. The van der Waals surface area contributed by atoms with E-state index in [1.165, 1.54) is 6.07 Å². The Labute approximate surface area is 120 Å². The summed E-state index contributed by atoms with van der Waals surface area (Å²) in [5.41, 5.74) is 6.68. The van der Waals surface area contributed by atoms with Crippen LogP contribution < -0.4 is 10.6 Å². The van der Waals surface area contributed by atoms with Crippen LogP contribution in [0.4, 0.5) is 15.8 Å². The maximum atomic E-state index is 13.7. The zero-order chi connectivity index (χ0) is 14.2. The van der Waals surface area contributed by atoms with E-state index in [-0.39, 0.29) is 18.5 Å². The fraction of sp³-hybridized carbons (Fsp3) is 0.538. The highest BCUT2D eigenvalue weighted by Gasteiger charge is 2.34. The molecule has 0 aliphatic carbocycles. The van der Waals surface area contributed by atoms with Crippen LogP contribution in [0.15, 0.2) is 16.6 Å². The van der Waals surface area contributed by atoms with Crippen molar-refractivity contribution in [1.29, 1.82) is 0 Å². The van der Waals surface area contributed by atoms with Crippen LogP contribution in [0.2, 0.25) is 0 Å². The van der Waals surface area contributed by atoms with E-state index in [9.17, 15) is 9.50 Å². The Morgan fingerprint density at radius 3 is 2.89 bits per heavy atom. The van der Waals surface area contributed by atoms with Gasteiger partial charge in [0.15, 0.2) is 0 Å². The predicted octanol–water partition coefficient (Wildman–Crippen LogP) is 2.15. The summed E-state index contributed by atoms with van der Waals surface area (Å²) in [6, 6.07) is 2.97. The highest BCUT2D eigenvalue weighted by molar-refractivity contribution is 9.10. The number of nitrogen functional groups attached to an aromatic ring is 1. The first-order valence-corrected chi connectivity index (χ1v) is 6.90. The van der Waals surface area contributed by atoms with Crippen molar-refractivity contribution in [2.24, 2.45) is 0 Å². The van der Waals surface area contributed by atoms with E-state index in [4.69, 9.17) is 10.5 Å². The number of aliphatic hydroxyl groups excluding tert-OH is 1. The van der Waals surface area contributed by atoms with E-state index in [2.05, 4.69) is 15.9 Å². The van der Waals surface area contributed by atoms with E-state index in [1.807, 2.05) is 18.7 Å². The summed E-state index contributed by atoms with van der Waals surface area (Å²) in [4.78, 5) is 1.95. The van der Waals surface area contributed by atoms with Crippen LogP contribution in [0.5, 0.6) is 0 Å². The molecule has 1 aromatic rings. The molecule has 0 aromatic heterocycles. The number of hydrogen-bond acceptors (Lipinski definition) is 4. The molecule has 1 aliphatic heterocycles. The van der Waals surface area contributed by atoms with E-state index in [0.717, 1.165) is 0 Å². The molecule has 1 fully saturated rings. The standard InChI is InChI=1S/C13H18BrFN2O2/c1-13(2)7-17(5-8(6-18)19-13)12-4-10(15)9(14)3-11(12)16/h3-4,8,18H,5-7,16H2,1-2H3. The maximum absolute atomic E-state index is 13.7. The fourth-order valence-electron chi connectivity index (χ4n) is 2.40. The molecule has 106 valence electrons. The van der Waals surface area contributed by atoms with Crippen molar-refractivity contribution in [2.75, 3.05) is 30.3 Å². The van der Waals surface area contributed by atoms with Gasteiger partial charge in [0.05, 0.1) is 34.2 Å². The molecular weight excluding hydrogens is 315 g/mol. The molecule has 1 atom stereocenters. The van der Waals surface area contributed by atoms with E-state index >= 15 is 0 Å². The van der Waals surface area contributed by atoms with Crippen LogP contribution >= 0.6 is 15.9 Å². The van der Waals surface area contributed by atoms with Crippen molar-refractivity contribution in [3.05, 3.63) is 22.4 Å². The number of benzene rings is 1. The van der Waals surface area contributed by atoms with Crippen molar-refractivity contribution < 1.29 is 14.2 Å². The molecule has 19 heavy (non-hydrogen) atoms. The molecule has 6 heteroatoms. The largest absolute Gasteiger partial charge is 0.397 e.